The van der Waals surface area contributed by atoms with Gasteiger partial charge in [0.25, 0.3) is 0 Å². The highest BCUT2D eigenvalue weighted by molar-refractivity contribution is 7.98. The number of benzene rings is 2. The van der Waals surface area contributed by atoms with Crippen molar-refractivity contribution in [3.63, 3.8) is 0 Å². The summed E-state index contributed by atoms with van der Waals surface area (Å²) in [5, 5.41) is 10.5. The highest BCUT2D eigenvalue weighted by atomic mass is 35.5. The van der Waals surface area contributed by atoms with Crippen LogP contribution < -0.4 is 0 Å². The van der Waals surface area contributed by atoms with Crippen LogP contribution in [0.2, 0.25) is 5.02 Å². The summed E-state index contributed by atoms with van der Waals surface area (Å²) in [5.74, 6) is 2.23. The number of rotatable bonds is 6. The van der Waals surface area contributed by atoms with Crippen LogP contribution in [0.15, 0.2) is 53.7 Å². The minimum atomic E-state index is 0.528. The van der Waals surface area contributed by atoms with Crippen molar-refractivity contribution in [3.8, 4) is 11.4 Å². The molecule has 0 unspecified atom stereocenters. The minimum Gasteiger partial charge on any atom is -0.302 e. The molecule has 1 aromatic heterocycles. The number of aromatic nitrogens is 3. The molecule has 3 nitrogen and oxygen atoms in total. The van der Waals surface area contributed by atoms with E-state index in [-0.39, 0.29) is 0 Å². The maximum atomic E-state index is 6.25. The lowest BCUT2D eigenvalue weighted by molar-refractivity contribution is 0.687. The van der Waals surface area contributed by atoms with Gasteiger partial charge in [-0.2, -0.15) is 0 Å². The zero-order valence-electron chi connectivity index (χ0n) is 14.7. The zero-order chi connectivity index (χ0) is 17.8. The number of hydrogen-bond acceptors (Lipinski definition) is 3. The third-order valence-electron chi connectivity index (χ3n) is 4.18. The van der Waals surface area contributed by atoms with E-state index in [4.69, 9.17) is 11.6 Å². The summed E-state index contributed by atoms with van der Waals surface area (Å²) in [6.45, 7) is 7.36. The van der Waals surface area contributed by atoms with Gasteiger partial charge in [0.1, 0.15) is 0 Å². The fraction of sp³-hybridized carbons (Fsp3) is 0.300. The van der Waals surface area contributed by atoms with Crippen molar-refractivity contribution in [3.05, 3.63) is 64.7 Å². The fourth-order valence-corrected chi connectivity index (χ4v) is 3.96. The summed E-state index contributed by atoms with van der Waals surface area (Å²) in [6, 6.07) is 16.5. The molecule has 0 bridgehead atoms. The van der Waals surface area contributed by atoms with E-state index in [9.17, 15) is 0 Å². The Kier molecular flexibility index (Phi) is 5.82. The van der Waals surface area contributed by atoms with E-state index in [1.54, 1.807) is 11.8 Å². The van der Waals surface area contributed by atoms with Crippen molar-refractivity contribution >= 4 is 23.4 Å². The van der Waals surface area contributed by atoms with Crippen molar-refractivity contribution in [2.45, 2.75) is 44.1 Å². The second kappa shape index (κ2) is 8.07. The minimum absolute atomic E-state index is 0.528. The van der Waals surface area contributed by atoms with Crippen molar-refractivity contribution < 1.29 is 0 Å². The second-order valence-electron chi connectivity index (χ2n) is 6.21. The van der Waals surface area contributed by atoms with Crippen LogP contribution in [0.3, 0.4) is 0 Å². The molecule has 0 spiro atoms. The second-order valence-corrected chi connectivity index (χ2v) is 7.56. The van der Waals surface area contributed by atoms with Gasteiger partial charge in [-0.1, -0.05) is 79.7 Å². The number of halogens is 1. The van der Waals surface area contributed by atoms with Crippen molar-refractivity contribution in [2.75, 3.05) is 0 Å². The van der Waals surface area contributed by atoms with E-state index in [1.165, 1.54) is 5.56 Å². The number of thioether (sulfide) groups is 1. The van der Waals surface area contributed by atoms with Gasteiger partial charge in [-0.3, -0.25) is 0 Å². The van der Waals surface area contributed by atoms with Gasteiger partial charge in [0.05, 0.1) is 0 Å². The maximum absolute atomic E-state index is 6.25. The molecule has 1 heterocycles. The molecule has 5 heteroatoms. The first-order valence-corrected chi connectivity index (χ1v) is 9.86. The lowest BCUT2D eigenvalue weighted by Gasteiger charge is -2.09. The lowest BCUT2D eigenvalue weighted by Crippen LogP contribution is -2.00. The van der Waals surface area contributed by atoms with Gasteiger partial charge in [-0.25, -0.2) is 0 Å². The third-order valence-corrected chi connectivity index (χ3v) is 5.57. The van der Waals surface area contributed by atoms with E-state index in [0.29, 0.717) is 5.92 Å². The van der Waals surface area contributed by atoms with Gasteiger partial charge in [-0.05, 0) is 30.0 Å². The van der Waals surface area contributed by atoms with Crippen LogP contribution in [0.5, 0.6) is 0 Å². The molecule has 0 saturated carbocycles. The number of hydrogen-bond donors (Lipinski definition) is 0. The number of nitrogens with zero attached hydrogens (tertiary/aromatic N) is 3. The first kappa shape index (κ1) is 18.0. The standard InChI is InChI=1S/C20H22ClN3S/c1-4-24-19(16-11-9-15(10-12-16)14(2)3)22-23-20(24)25-13-17-7-5-6-8-18(17)21/h5-12,14H,4,13H2,1-3H3. The topological polar surface area (TPSA) is 30.7 Å². The summed E-state index contributed by atoms with van der Waals surface area (Å²) in [7, 11) is 0. The summed E-state index contributed by atoms with van der Waals surface area (Å²) in [4.78, 5) is 0. The molecule has 0 amide bonds. The third kappa shape index (κ3) is 4.07. The predicted octanol–water partition coefficient (Wildman–Crippen LogP) is 6.03. The van der Waals surface area contributed by atoms with Gasteiger partial charge < -0.3 is 4.57 Å². The van der Waals surface area contributed by atoms with E-state index in [2.05, 4.69) is 59.8 Å². The van der Waals surface area contributed by atoms with Crippen LogP contribution in [0.25, 0.3) is 11.4 Å². The monoisotopic (exact) mass is 371 g/mol. The molecule has 0 fully saturated rings. The summed E-state index contributed by atoms with van der Waals surface area (Å²) < 4.78 is 2.16. The molecule has 0 radical (unpaired) electrons. The van der Waals surface area contributed by atoms with Crippen LogP contribution in [0.4, 0.5) is 0 Å². The Balaban J connectivity index is 1.82. The van der Waals surface area contributed by atoms with Gasteiger partial charge in [-0.15, -0.1) is 10.2 Å². The Labute approximate surface area is 158 Å². The quantitative estimate of drug-likeness (QED) is 0.495. The normalized spacial score (nSPS) is 11.2. The molecule has 2 aromatic carbocycles. The van der Waals surface area contributed by atoms with Crippen molar-refractivity contribution in [1.29, 1.82) is 0 Å². The Morgan fingerprint density at radius 1 is 1.04 bits per heavy atom. The zero-order valence-corrected chi connectivity index (χ0v) is 16.3. The van der Waals surface area contributed by atoms with E-state index >= 15 is 0 Å². The largest absolute Gasteiger partial charge is 0.302 e. The van der Waals surface area contributed by atoms with Crippen molar-refractivity contribution in [2.24, 2.45) is 0 Å². The molecular weight excluding hydrogens is 350 g/mol. The molecule has 0 N–H and O–H groups in total. The molecule has 0 saturated heterocycles. The first-order valence-electron chi connectivity index (χ1n) is 8.50. The average molecular weight is 372 g/mol. The van der Waals surface area contributed by atoms with E-state index < -0.39 is 0 Å². The summed E-state index contributed by atoms with van der Waals surface area (Å²) in [6.07, 6.45) is 0. The SMILES string of the molecule is CCn1c(SCc2ccccc2Cl)nnc1-c1ccc(C(C)C)cc1. The highest BCUT2D eigenvalue weighted by Gasteiger charge is 2.14. The molecule has 0 aliphatic carbocycles. The van der Waals surface area contributed by atoms with E-state index in [0.717, 1.165) is 39.4 Å². The Hall–Kier alpha value is -1.78. The van der Waals surface area contributed by atoms with Crippen LogP contribution >= 0.6 is 23.4 Å². The molecule has 25 heavy (non-hydrogen) atoms. The fourth-order valence-electron chi connectivity index (χ4n) is 2.67. The van der Waals surface area contributed by atoms with Crippen LogP contribution in [0, 0.1) is 0 Å². The average Bonchev–Trinajstić information content (AvgIpc) is 3.04. The Morgan fingerprint density at radius 2 is 1.76 bits per heavy atom. The van der Waals surface area contributed by atoms with E-state index in [1.807, 2.05) is 24.3 Å². The smallest absolute Gasteiger partial charge is 0.191 e. The molecule has 3 rings (SSSR count). The molecule has 3 aromatic rings. The maximum Gasteiger partial charge on any atom is 0.191 e. The lowest BCUT2D eigenvalue weighted by atomic mass is 10.0. The van der Waals surface area contributed by atoms with Crippen LogP contribution in [0.1, 0.15) is 37.8 Å². The van der Waals surface area contributed by atoms with Crippen molar-refractivity contribution in [1.82, 2.24) is 14.8 Å². The first-order chi connectivity index (χ1) is 12.1. The Morgan fingerprint density at radius 3 is 2.40 bits per heavy atom. The molecule has 0 aliphatic rings. The summed E-state index contributed by atoms with van der Waals surface area (Å²) >= 11 is 7.92. The molecular formula is C20H22ClN3S. The Bertz CT molecular complexity index is 840. The highest BCUT2D eigenvalue weighted by Crippen LogP contribution is 2.29. The van der Waals surface area contributed by atoms with Gasteiger partial charge in [0, 0.05) is 22.9 Å². The van der Waals surface area contributed by atoms with Gasteiger partial charge in [0.2, 0.25) is 0 Å². The summed E-state index contributed by atoms with van der Waals surface area (Å²) in [5.41, 5.74) is 3.55. The predicted molar refractivity (Wildman–Crippen MR) is 106 cm³/mol. The molecule has 130 valence electrons. The van der Waals surface area contributed by atoms with Gasteiger partial charge >= 0.3 is 0 Å². The van der Waals surface area contributed by atoms with Gasteiger partial charge in [0.15, 0.2) is 11.0 Å². The molecule has 0 atom stereocenters. The molecule has 0 aliphatic heterocycles. The van der Waals surface area contributed by atoms with Crippen LogP contribution in [-0.4, -0.2) is 14.8 Å². The van der Waals surface area contributed by atoms with Crippen LogP contribution in [-0.2, 0) is 12.3 Å².